The first-order valence-corrected chi connectivity index (χ1v) is 9.52. The van der Waals surface area contributed by atoms with Crippen LogP contribution in [0.3, 0.4) is 0 Å². The number of nitrogens with zero attached hydrogens (tertiary/aromatic N) is 6. The number of nitrogens with two attached hydrogens (primary N) is 1. The topological polar surface area (TPSA) is 93.2 Å². The first-order valence-electron chi connectivity index (χ1n) is 8.73. The molecule has 0 spiro atoms. The van der Waals surface area contributed by atoms with Gasteiger partial charge in [-0.2, -0.15) is 5.10 Å². The Kier molecular flexibility index (Phi) is 4.79. The lowest BCUT2D eigenvalue weighted by molar-refractivity contribution is 0.244. The van der Waals surface area contributed by atoms with Crippen molar-refractivity contribution >= 4 is 38.3 Å². The Labute approximate surface area is 164 Å². The van der Waals surface area contributed by atoms with Gasteiger partial charge < -0.3 is 10.6 Å². The molecule has 1 saturated heterocycles. The number of para-hydroxylation sites is 1. The van der Waals surface area contributed by atoms with E-state index in [4.69, 9.17) is 5.73 Å². The van der Waals surface area contributed by atoms with Crippen LogP contribution in [0.4, 0.5) is 11.5 Å². The number of anilines is 2. The first kappa shape index (κ1) is 17.9. The van der Waals surface area contributed by atoms with Crippen LogP contribution in [0.25, 0.3) is 10.9 Å². The molecule has 3 heterocycles. The molecule has 0 unspecified atom stereocenters. The maximum absolute atomic E-state index is 12.1. The van der Waals surface area contributed by atoms with Crippen molar-refractivity contribution in [3.63, 3.8) is 0 Å². The van der Waals surface area contributed by atoms with Gasteiger partial charge in [-0.1, -0.05) is 12.1 Å². The molecule has 2 N–H and O–H groups in total. The van der Waals surface area contributed by atoms with Gasteiger partial charge in [-0.05, 0) is 28.1 Å². The molecule has 1 aliphatic heterocycles. The van der Waals surface area contributed by atoms with Gasteiger partial charge in [0.05, 0.1) is 23.9 Å². The monoisotopic (exact) mass is 429 g/mol. The molecule has 1 aromatic carbocycles. The van der Waals surface area contributed by atoms with Crippen molar-refractivity contribution in [3.8, 4) is 0 Å². The number of halogens is 1. The average Bonchev–Trinajstić information content (AvgIpc) is 2.67. The smallest absolute Gasteiger partial charge is 0.282 e. The molecule has 2 aromatic heterocycles. The van der Waals surface area contributed by atoms with Gasteiger partial charge in [0.2, 0.25) is 0 Å². The number of benzene rings is 1. The number of aromatic nitrogens is 4. The summed E-state index contributed by atoms with van der Waals surface area (Å²) in [5.74, 6) is 1.25. The highest BCUT2D eigenvalue weighted by atomic mass is 79.9. The minimum atomic E-state index is -0.130. The Balaban J connectivity index is 1.46. The van der Waals surface area contributed by atoms with E-state index in [9.17, 15) is 4.79 Å². The molecule has 0 atom stereocenters. The summed E-state index contributed by atoms with van der Waals surface area (Å²) >= 11 is 3.40. The van der Waals surface area contributed by atoms with E-state index in [0.29, 0.717) is 16.8 Å². The Hall–Kier alpha value is -2.52. The van der Waals surface area contributed by atoms with Crippen LogP contribution < -0.4 is 16.2 Å². The maximum Gasteiger partial charge on any atom is 0.282 e. The second kappa shape index (κ2) is 7.24. The number of fused-ring (bicyclic) bond motifs is 1. The second-order valence-corrected chi connectivity index (χ2v) is 7.37. The molecule has 27 heavy (non-hydrogen) atoms. The number of nitrogen functional groups attached to an aromatic ring is 1. The van der Waals surface area contributed by atoms with Gasteiger partial charge >= 0.3 is 0 Å². The molecule has 140 valence electrons. The Morgan fingerprint density at radius 3 is 2.67 bits per heavy atom. The molecule has 0 bridgehead atoms. The number of hydrogen-bond donors (Lipinski definition) is 1. The van der Waals surface area contributed by atoms with Crippen LogP contribution in [-0.4, -0.2) is 50.8 Å². The summed E-state index contributed by atoms with van der Waals surface area (Å²) < 4.78 is 1.88. The summed E-state index contributed by atoms with van der Waals surface area (Å²) in [5.41, 5.74) is 7.66. The van der Waals surface area contributed by atoms with E-state index in [1.54, 1.807) is 13.2 Å². The standard InChI is InChI=1S/C18H20BrN7O/c1-24-18(27)16(19)14(10-21-24)26-8-6-25(7-9-26)11-15-22-13-5-3-2-4-12(13)17(20)23-15/h2-5,10H,6-9,11H2,1H3,(H2,20,22,23). The molecule has 1 fully saturated rings. The molecular formula is C18H20BrN7O. The van der Waals surface area contributed by atoms with Crippen LogP contribution in [0.15, 0.2) is 39.7 Å². The van der Waals surface area contributed by atoms with Gasteiger partial charge in [0.15, 0.2) is 0 Å². The van der Waals surface area contributed by atoms with Gasteiger partial charge in [-0.15, -0.1) is 0 Å². The molecule has 1 aliphatic rings. The van der Waals surface area contributed by atoms with Crippen LogP contribution in [0.1, 0.15) is 5.82 Å². The molecule has 0 amide bonds. The molecular weight excluding hydrogens is 410 g/mol. The zero-order valence-corrected chi connectivity index (χ0v) is 16.6. The number of aryl methyl sites for hydroxylation is 1. The summed E-state index contributed by atoms with van der Waals surface area (Å²) in [5, 5.41) is 5.01. The molecule has 3 aromatic rings. The SMILES string of the molecule is Cn1ncc(N2CCN(Cc3nc(N)c4ccccc4n3)CC2)c(Br)c1=O. The minimum Gasteiger partial charge on any atom is -0.383 e. The van der Waals surface area contributed by atoms with Crippen molar-refractivity contribution in [2.75, 3.05) is 36.8 Å². The van der Waals surface area contributed by atoms with Gasteiger partial charge in [0.1, 0.15) is 16.1 Å². The van der Waals surface area contributed by atoms with Crippen molar-refractivity contribution in [3.05, 3.63) is 51.1 Å². The molecule has 0 aliphatic carbocycles. The Bertz CT molecular complexity index is 1040. The maximum atomic E-state index is 12.1. The molecule has 0 radical (unpaired) electrons. The zero-order chi connectivity index (χ0) is 19.0. The fraction of sp³-hybridized carbons (Fsp3) is 0.333. The molecule has 4 rings (SSSR count). The highest BCUT2D eigenvalue weighted by molar-refractivity contribution is 9.10. The van der Waals surface area contributed by atoms with E-state index >= 15 is 0 Å². The number of hydrogen-bond acceptors (Lipinski definition) is 7. The lowest BCUT2D eigenvalue weighted by atomic mass is 10.2. The summed E-state index contributed by atoms with van der Waals surface area (Å²) in [6.45, 7) is 3.95. The summed E-state index contributed by atoms with van der Waals surface area (Å²) in [6.07, 6.45) is 1.73. The van der Waals surface area contributed by atoms with Crippen molar-refractivity contribution in [1.82, 2.24) is 24.6 Å². The van der Waals surface area contributed by atoms with Crippen LogP contribution in [0.2, 0.25) is 0 Å². The number of rotatable bonds is 3. The van der Waals surface area contributed by atoms with Gasteiger partial charge in [-0.25, -0.2) is 14.6 Å². The average molecular weight is 430 g/mol. The van der Waals surface area contributed by atoms with Gasteiger partial charge in [0.25, 0.3) is 5.56 Å². The number of piperazine rings is 1. The Morgan fingerprint density at radius 2 is 1.89 bits per heavy atom. The quantitative estimate of drug-likeness (QED) is 0.671. The third-order valence-corrected chi connectivity index (χ3v) is 5.56. The van der Waals surface area contributed by atoms with Crippen molar-refractivity contribution < 1.29 is 0 Å². The van der Waals surface area contributed by atoms with Gasteiger partial charge in [-0.3, -0.25) is 9.69 Å². The van der Waals surface area contributed by atoms with E-state index in [1.807, 2.05) is 24.3 Å². The van der Waals surface area contributed by atoms with Crippen LogP contribution in [0, 0.1) is 0 Å². The van der Waals surface area contributed by atoms with Gasteiger partial charge in [0, 0.05) is 38.6 Å². The normalized spacial score (nSPS) is 15.4. The molecule has 0 saturated carbocycles. The van der Waals surface area contributed by atoms with Crippen molar-refractivity contribution in [2.45, 2.75) is 6.54 Å². The van der Waals surface area contributed by atoms with Crippen molar-refractivity contribution in [2.24, 2.45) is 7.05 Å². The summed E-state index contributed by atoms with van der Waals surface area (Å²) in [6, 6.07) is 7.77. The third-order valence-electron chi connectivity index (χ3n) is 4.82. The minimum absolute atomic E-state index is 0.130. The largest absolute Gasteiger partial charge is 0.383 e. The lowest BCUT2D eigenvalue weighted by Gasteiger charge is -2.35. The van der Waals surface area contributed by atoms with Crippen LogP contribution >= 0.6 is 15.9 Å². The highest BCUT2D eigenvalue weighted by Gasteiger charge is 2.21. The van der Waals surface area contributed by atoms with Crippen molar-refractivity contribution in [1.29, 1.82) is 0 Å². The third kappa shape index (κ3) is 3.52. The zero-order valence-electron chi connectivity index (χ0n) is 15.0. The first-order chi connectivity index (χ1) is 13.0. The fourth-order valence-electron chi connectivity index (χ4n) is 3.29. The Morgan fingerprint density at radius 1 is 1.15 bits per heavy atom. The van der Waals surface area contributed by atoms with E-state index in [-0.39, 0.29) is 5.56 Å². The van der Waals surface area contributed by atoms with E-state index in [2.05, 4.69) is 40.8 Å². The van der Waals surface area contributed by atoms with E-state index in [0.717, 1.165) is 48.6 Å². The predicted molar refractivity (Wildman–Crippen MR) is 109 cm³/mol. The summed E-state index contributed by atoms with van der Waals surface area (Å²) in [7, 11) is 1.64. The highest BCUT2D eigenvalue weighted by Crippen LogP contribution is 2.23. The predicted octanol–water partition coefficient (Wildman–Crippen LogP) is 1.39. The molecule has 8 nitrogen and oxygen atoms in total. The lowest BCUT2D eigenvalue weighted by Crippen LogP contribution is -2.46. The van der Waals surface area contributed by atoms with Crippen LogP contribution in [-0.2, 0) is 13.6 Å². The summed E-state index contributed by atoms with van der Waals surface area (Å²) in [4.78, 5) is 25.6. The second-order valence-electron chi connectivity index (χ2n) is 6.58. The molecule has 9 heteroatoms. The van der Waals surface area contributed by atoms with E-state index < -0.39 is 0 Å². The fourth-order valence-corrected chi connectivity index (χ4v) is 3.90. The van der Waals surface area contributed by atoms with E-state index in [1.165, 1.54) is 4.68 Å². The van der Waals surface area contributed by atoms with Crippen LogP contribution in [0.5, 0.6) is 0 Å².